The van der Waals surface area contributed by atoms with E-state index in [0.717, 1.165) is 32.0 Å². The molecule has 0 radical (unpaired) electrons. The summed E-state index contributed by atoms with van der Waals surface area (Å²) in [4.78, 5) is 14.9. The molecule has 0 bridgehead atoms. The third kappa shape index (κ3) is 6.07. The molecule has 2 fully saturated rings. The van der Waals surface area contributed by atoms with Crippen LogP contribution in [0.2, 0.25) is 0 Å². The monoisotopic (exact) mass is 406 g/mol. The summed E-state index contributed by atoms with van der Waals surface area (Å²) in [5.41, 5.74) is 0.467. The third-order valence-electron chi connectivity index (χ3n) is 5.89. The normalized spacial score (nSPS) is 19.8. The topological polar surface area (TPSA) is 80.3 Å². The standard InChI is InChI=1S/C22H34N2O5/c1-27-15-18(25)14-23-22(26)16-7-8-20(21(13-16)28-2)29-19-9-11-24(12-10-19)17-5-3-4-6-17/h7-8,13,17-19,25H,3-6,9-12,14-15H2,1-2H3,(H,23,26)/t18-/m1/s1. The van der Waals surface area contributed by atoms with Crippen LogP contribution in [0.25, 0.3) is 0 Å². The van der Waals surface area contributed by atoms with Crippen LogP contribution in [0, 0.1) is 0 Å². The number of aliphatic hydroxyl groups is 1. The number of ether oxygens (including phenoxy) is 3. The maximum Gasteiger partial charge on any atom is 0.251 e. The fourth-order valence-electron chi connectivity index (χ4n) is 4.28. The Morgan fingerprint density at radius 3 is 2.55 bits per heavy atom. The maximum absolute atomic E-state index is 12.3. The number of hydrogen-bond donors (Lipinski definition) is 2. The van der Waals surface area contributed by atoms with Crippen molar-refractivity contribution in [1.29, 1.82) is 0 Å². The Balaban J connectivity index is 1.53. The second-order valence-corrected chi connectivity index (χ2v) is 7.98. The van der Waals surface area contributed by atoms with Gasteiger partial charge >= 0.3 is 0 Å². The number of nitrogens with one attached hydrogen (secondary N) is 1. The van der Waals surface area contributed by atoms with Crippen LogP contribution in [0.4, 0.5) is 0 Å². The first-order chi connectivity index (χ1) is 14.1. The first kappa shape index (κ1) is 21.9. The number of hydrogen-bond acceptors (Lipinski definition) is 6. The zero-order valence-corrected chi connectivity index (χ0v) is 17.6. The molecule has 2 N–H and O–H groups in total. The molecular weight excluding hydrogens is 372 g/mol. The predicted octanol–water partition coefficient (Wildman–Crippen LogP) is 2.22. The molecule has 2 aliphatic rings. The number of methoxy groups -OCH3 is 2. The van der Waals surface area contributed by atoms with Crippen molar-refractivity contribution in [2.24, 2.45) is 0 Å². The van der Waals surface area contributed by atoms with Crippen molar-refractivity contribution in [3.05, 3.63) is 23.8 Å². The minimum Gasteiger partial charge on any atom is -0.493 e. The summed E-state index contributed by atoms with van der Waals surface area (Å²) in [6.07, 6.45) is 6.87. The Bertz CT molecular complexity index is 655. The fourth-order valence-corrected chi connectivity index (χ4v) is 4.28. The van der Waals surface area contributed by atoms with E-state index in [0.29, 0.717) is 17.1 Å². The van der Waals surface area contributed by atoms with Gasteiger partial charge in [0.25, 0.3) is 5.91 Å². The van der Waals surface area contributed by atoms with Crippen molar-refractivity contribution in [2.75, 3.05) is 40.5 Å². The summed E-state index contributed by atoms with van der Waals surface area (Å²) < 4.78 is 16.5. The van der Waals surface area contributed by atoms with E-state index in [9.17, 15) is 9.90 Å². The van der Waals surface area contributed by atoms with Crippen LogP contribution in [0.1, 0.15) is 48.9 Å². The fraction of sp³-hybridized carbons (Fsp3) is 0.682. The molecule has 0 aromatic heterocycles. The molecule has 1 amide bonds. The van der Waals surface area contributed by atoms with Crippen molar-refractivity contribution >= 4 is 5.91 Å². The Morgan fingerprint density at radius 2 is 1.90 bits per heavy atom. The van der Waals surface area contributed by atoms with Crippen LogP contribution in [0.5, 0.6) is 11.5 Å². The van der Waals surface area contributed by atoms with Gasteiger partial charge in [-0.25, -0.2) is 0 Å². The number of amides is 1. The van der Waals surface area contributed by atoms with Gasteiger partial charge in [0.2, 0.25) is 0 Å². The molecule has 7 nitrogen and oxygen atoms in total. The quantitative estimate of drug-likeness (QED) is 0.655. The largest absolute Gasteiger partial charge is 0.493 e. The average molecular weight is 407 g/mol. The minimum atomic E-state index is -0.733. The Morgan fingerprint density at radius 1 is 1.17 bits per heavy atom. The lowest BCUT2D eigenvalue weighted by Crippen LogP contribution is -2.43. The van der Waals surface area contributed by atoms with Crippen LogP contribution in [-0.4, -0.2) is 74.6 Å². The predicted molar refractivity (Wildman–Crippen MR) is 111 cm³/mol. The van der Waals surface area contributed by atoms with E-state index in [-0.39, 0.29) is 25.2 Å². The first-order valence-corrected chi connectivity index (χ1v) is 10.6. The highest BCUT2D eigenvalue weighted by atomic mass is 16.5. The lowest BCUT2D eigenvalue weighted by atomic mass is 10.0. The lowest BCUT2D eigenvalue weighted by Gasteiger charge is -2.36. The molecule has 1 atom stereocenters. The number of carbonyl (C=O) groups is 1. The number of aliphatic hydroxyl groups excluding tert-OH is 1. The van der Waals surface area contributed by atoms with Gasteiger partial charge in [0.1, 0.15) is 6.10 Å². The van der Waals surface area contributed by atoms with Crippen molar-refractivity contribution in [2.45, 2.75) is 56.8 Å². The van der Waals surface area contributed by atoms with E-state index in [1.165, 1.54) is 32.8 Å². The second-order valence-electron chi connectivity index (χ2n) is 7.98. The average Bonchev–Trinajstić information content (AvgIpc) is 3.28. The van der Waals surface area contributed by atoms with E-state index in [1.54, 1.807) is 25.3 Å². The Hall–Kier alpha value is -1.83. The van der Waals surface area contributed by atoms with Gasteiger partial charge in [-0.05, 0) is 43.9 Å². The van der Waals surface area contributed by atoms with Gasteiger partial charge in [-0.1, -0.05) is 12.8 Å². The number of rotatable bonds is 9. The number of likely N-dealkylation sites (tertiary alicyclic amines) is 1. The molecule has 29 heavy (non-hydrogen) atoms. The van der Waals surface area contributed by atoms with Crippen molar-refractivity contribution in [3.63, 3.8) is 0 Å². The third-order valence-corrected chi connectivity index (χ3v) is 5.89. The van der Waals surface area contributed by atoms with Gasteiger partial charge in [-0.2, -0.15) is 0 Å². The molecule has 1 heterocycles. The van der Waals surface area contributed by atoms with Gasteiger partial charge < -0.3 is 29.5 Å². The second kappa shape index (κ2) is 10.8. The summed E-state index contributed by atoms with van der Waals surface area (Å²) in [5, 5.41) is 12.4. The van der Waals surface area contributed by atoms with Crippen molar-refractivity contribution < 1.29 is 24.1 Å². The summed E-state index contributed by atoms with van der Waals surface area (Å²) >= 11 is 0. The summed E-state index contributed by atoms with van der Waals surface area (Å²) in [7, 11) is 3.09. The molecule has 1 aliphatic heterocycles. The lowest BCUT2D eigenvalue weighted by molar-refractivity contribution is 0.0609. The molecule has 1 saturated heterocycles. The van der Waals surface area contributed by atoms with Crippen molar-refractivity contribution in [3.8, 4) is 11.5 Å². The first-order valence-electron chi connectivity index (χ1n) is 10.6. The Kier molecular flexibility index (Phi) is 8.15. The van der Waals surface area contributed by atoms with Crippen molar-refractivity contribution in [1.82, 2.24) is 10.2 Å². The smallest absolute Gasteiger partial charge is 0.251 e. The van der Waals surface area contributed by atoms with Crippen LogP contribution >= 0.6 is 0 Å². The molecule has 1 aromatic carbocycles. The SMILES string of the molecule is COC[C@H](O)CNC(=O)c1ccc(OC2CCN(C3CCCC3)CC2)c(OC)c1. The van der Waals surface area contributed by atoms with Crippen LogP contribution < -0.4 is 14.8 Å². The maximum atomic E-state index is 12.3. The summed E-state index contributed by atoms with van der Waals surface area (Å²) in [6.45, 7) is 2.48. The molecule has 0 spiro atoms. The molecule has 162 valence electrons. The highest BCUT2D eigenvalue weighted by Crippen LogP contribution is 2.32. The molecule has 3 rings (SSSR count). The molecule has 7 heteroatoms. The molecule has 1 aromatic rings. The highest BCUT2D eigenvalue weighted by molar-refractivity contribution is 5.94. The molecule has 1 saturated carbocycles. The molecule has 1 aliphatic carbocycles. The molecular formula is C22H34N2O5. The van der Waals surface area contributed by atoms with Gasteiger partial charge in [0.15, 0.2) is 11.5 Å². The van der Waals surface area contributed by atoms with Gasteiger partial charge in [0, 0.05) is 38.3 Å². The van der Waals surface area contributed by atoms with E-state index >= 15 is 0 Å². The molecule has 0 unspecified atom stereocenters. The summed E-state index contributed by atoms with van der Waals surface area (Å²) in [5.74, 6) is 0.950. The van der Waals surface area contributed by atoms with Gasteiger partial charge in [-0.3, -0.25) is 4.79 Å². The number of piperidine rings is 1. The van der Waals surface area contributed by atoms with E-state index in [1.807, 2.05) is 0 Å². The highest BCUT2D eigenvalue weighted by Gasteiger charge is 2.28. The Labute approximate surface area is 173 Å². The minimum absolute atomic E-state index is 0.132. The summed E-state index contributed by atoms with van der Waals surface area (Å²) in [6, 6.07) is 5.97. The zero-order valence-electron chi connectivity index (χ0n) is 17.6. The van der Waals surface area contributed by atoms with Gasteiger partial charge in [-0.15, -0.1) is 0 Å². The van der Waals surface area contributed by atoms with Crippen LogP contribution in [-0.2, 0) is 4.74 Å². The van der Waals surface area contributed by atoms with E-state index < -0.39 is 6.10 Å². The van der Waals surface area contributed by atoms with Crippen LogP contribution in [0.3, 0.4) is 0 Å². The van der Waals surface area contributed by atoms with E-state index in [2.05, 4.69) is 10.2 Å². The van der Waals surface area contributed by atoms with E-state index in [4.69, 9.17) is 14.2 Å². The van der Waals surface area contributed by atoms with Crippen LogP contribution in [0.15, 0.2) is 18.2 Å². The zero-order chi connectivity index (χ0) is 20.6. The number of benzene rings is 1. The number of carbonyl (C=O) groups excluding carboxylic acids is 1. The number of nitrogens with zero attached hydrogens (tertiary/aromatic N) is 1. The van der Waals surface area contributed by atoms with Gasteiger partial charge in [0.05, 0.1) is 19.8 Å².